The van der Waals surface area contributed by atoms with Crippen LogP contribution in [-0.4, -0.2) is 26.0 Å². The lowest BCUT2D eigenvalue weighted by atomic mass is 9.96. The van der Waals surface area contributed by atoms with E-state index in [9.17, 15) is 9.59 Å². The van der Waals surface area contributed by atoms with Gasteiger partial charge in [-0.25, -0.2) is 0 Å². The zero-order valence-electron chi connectivity index (χ0n) is 15.5. The molecule has 0 bridgehead atoms. The van der Waals surface area contributed by atoms with Crippen molar-refractivity contribution in [3.63, 3.8) is 0 Å². The second-order valence-corrected chi connectivity index (χ2v) is 6.02. The molecule has 0 spiro atoms. The lowest BCUT2D eigenvalue weighted by Crippen LogP contribution is -2.15. The second kappa shape index (κ2) is 8.89. The van der Waals surface area contributed by atoms with Crippen molar-refractivity contribution in [3.05, 3.63) is 48.0 Å². The van der Waals surface area contributed by atoms with E-state index >= 15 is 0 Å². The van der Waals surface area contributed by atoms with Crippen molar-refractivity contribution in [2.75, 3.05) is 24.9 Å². The fourth-order valence-corrected chi connectivity index (χ4v) is 2.70. The Labute approximate surface area is 153 Å². The van der Waals surface area contributed by atoms with Gasteiger partial charge in [-0.15, -0.1) is 0 Å². The molecule has 0 radical (unpaired) electrons. The maximum atomic E-state index is 12.4. The lowest BCUT2D eigenvalue weighted by molar-refractivity contribution is -0.116. The molecule has 2 rings (SSSR count). The van der Waals surface area contributed by atoms with Crippen LogP contribution < -0.4 is 20.1 Å². The summed E-state index contributed by atoms with van der Waals surface area (Å²) in [7, 11) is 3.19. The van der Waals surface area contributed by atoms with Gasteiger partial charge in [0.15, 0.2) is 0 Å². The van der Waals surface area contributed by atoms with Crippen molar-refractivity contribution in [3.8, 4) is 11.5 Å². The van der Waals surface area contributed by atoms with Crippen LogP contribution in [0.5, 0.6) is 11.5 Å². The van der Waals surface area contributed by atoms with Crippen molar-refractivity contribution >= 4 is 23.2 Å². The Balaban J connectivity index is 2.04. The van der Waals surface area contributed by atoms with Gasteiger partial charge in [0.05, 0.1) is 14.2 Å². The Morgan fingerprint density at radius 3 is 2.31 bits per heavy atom. The molecule has 138 valence electrons. The summed E-state index contributed by atoms with van der Waals surface area (Å²) in [6.07, 6.45) is 0.299. The predicted octanol–water partition coefficient (Wildman–Crippen LogP) is 3.79. The van der Waals surface area contributed by atoms with Crippen LogP contribution in [0.4, 0.5) is 11.4 Å². The predicted molar refractivity (Wildman–Crippen MR) is 102 cm³/mol. The number of benzene rings is 2. The number of nitrogens with one attached hydrogen (secondary N) is 2. The average Bonchev–Trinajstić information content (AvgIpc) is 2.60. The highest BCUT2D eigenvalue weighted by Crippen LogP contribution is 2.32. The van der Waals surface area contributed by atoms with Gasteiger partial charge in [0, 0.05) is 30.8 Å². The van der Waals surface area contributed by atoms with Crippen molar-refractivity contribution in [2.45, 2.75) is 26.2 Å². The van der Waals surface area contributed by atoms with E-state index in [0.29, 0.717) is 29.3 Å². The van der Waals surface area contributed by atoms with Crippen LogP contribution in [0.15, 0.2) is 42.5 Å². The molecule has 0 aromatic heterocycles. The molecule has 2 aromatic carbocycles. The van der Waals surface area contributed by atoms with E-state index < -0.39 is 0 Å². The zero-order valence-corrected chi connectivity index (χ0v) is 15.5. The maximum Gasteiger partial charge on any atom is 0.224 e. The highest BCUT2D eigenvalue weighted by Gasteiger charge is 2.16. The first-order valence-corrected chi connectivity index (χ1v) is 8.32. The maximum absolute atomic E-state index is 12.4. The molecule has 0 aliphatic heterocycles. The number of hydrogen-bond donors (Lipinski definition) is 2. The fourth-order valence-electron chi connectivity index (χ4n) is 2.70. The quantitative estimate of drug-likeness (QED) is 0.791. The van der Waals surface area contributed by atoms with Gasteiger partial charge in [0.25, 0.3) is 0 Å². The van der Waals surface area contributed by atoms with Crippen molar-refractivity contribution in [1.29, 1.82) is 0 Å². The van der Waals surface area contributed by atoms with Crippen LogP contribution >= 0.6 is 0 Å². The monoisotopic (exact) mass is 356 g/mol. The first-order valence-electron chi connectivity index (χ1n) is 8.32. The summed E-state index contributed by atoms with van der Waals surface area (Å²) in [5.41, 5.74) is 2.21. The molecule has 6 nitrogen and oxygen atoms in total. The third-order valence-corrected chi connectivity index (χ3v) is 3.93. The molecule has 2 aromatic rings. The molecule has 6 heteroatoms. The second-order valence-electron chi connectivity index (χ2n) is 6.02. The standard InChI is InChI=1S/C20H24N2O4/c1-13(18-9-8-17(25-3)12-19(18)26-4)10-20(24)22-16-7-5-6-15(11-16)21-14(2)23/h5-9,11-13H,10H2,1-4H3,(H,21,23)(H,22,24). The molecule has 0 saturated carbocycles. The van der Waals surface area contributed by atoms with E-state index in [4.69, 9.17) is 9.47 Å². The largest absolute Gasteiger partial charge is 0.497 e. The van der Waals surface area contributed by atoms with Crippen LogP contribution in [0, 0.1) is 0 Å². The van der Waals surface area contributed by atoms with Crippen molar-refractivity contribution in [1.82, 2.24) is 0 Å². The molecule has 1 atom stereocenters. The van der Waals surface area contributed by atoms with Crippen LogP contribution in [0.3, 0.4) is 0 Å². The number of carbonyl (C=O) groups is 2. The van der Waals surface area contributed by atoms with Crippen LogP contribution in [0.25, 0.3) is 0 Å². The zero-order chi connectivity index (χ0) is 19.1. The molecular formula is C20H24N2O4. The SMILES string of the molecule is COc1ccc(C(C)CC(=O)Nc2cccc(NC(C)=O)c2)c(OC)c1. The summed E-state index contributed by atoms with van der Waals surface area (Å²) in [6.45, 7) is 3.41. The molecule has 0 aliphatic rings. The highest BCUT2D eigenvalue weighted by atomic mass is 16.5. The first-order chi connectivity index (χ1) is 12.4. The molecule has 2 amide bonds. The number of carbonyl (C=O) groups excluding carboxylic acids is 2. The molecule has 0 saturated heterocycles. The van der Waals surface area contributed by atoms with Crippen molar-refractivity contribution in [2.24, 2.45) is 0 Å². The van der Waals surface area contributed by atoms with E-state index in [2.05, 4.69) is 10.6 Å². The van der Waals surface area contributed by atoms with Gasteiger partial charge in [0.1, 0.15) is 11.5 Å². The molecule has 2 N–H and O–H groups in total. The van der Waals surface area contributed by atoms with Gasteiger partial charge in [0.2, 0.25) is 11.8 Å². The van der Waals surface area contributed by atoms with Gasteiger partial charge in [-0.3, -0.25) is 9.59 Å². The van der Waals surface area contributed by atoms with E-state index in [1.807, 2.05) is 19.1 Å². The van der Waals surface area contributed by atoms with Gasteiger partial charge in [-0.2, -0.15) is 0 Å². The molecule has 0 heterocycles. The number of anilines is 2. The Kier molecular flexibility index (Phi) is 6.60. The molecular weight excluding hydrogens is 332 g/mol. The van der Waals surface area contributed by atoms with Crippen LogP contribution in [0.1, 0.15) is 31.7 Å². The molecule has 0 fully saturated rings. The fraction of sp³-hybridized carbons (Fsp3) is 0.300. The lowest BCUT2D eigenvalue weighted by Gasteiger charge is -2.16. The minimum absolute atomic E-state index is 0.0330. The van der Waals surface area contributed by atoms with E-state index in [1.165, 1.54) is 6.92 Å². The van der Waals surface area contributed by atoms with Crippen LogP contribution in [0.2, 0.25) is 0 Å². The normalized spacial score (nSPS) is 11.4. The molecule has 1 unspecified atom stereocenters. The van der Waals surface area contributed by atoms with Gasteiger partial charge >= 0.3 is 0 Å². The Morgan fingerprint density at radius 1 is 1.00 bits per heavy atom. The minimum atomic E-state index is -0.159. The summed E-state index contributed by atoms with van der Waals surface area (Å²) in [5, 5.41) is 5.55. The van der Waals surface area contributed by atoms with Gasteiger partial charge < -0.3 is 20.1 Å². The van der Waals surface area contributed by atoms with Gasteiger partial charge in [-0.1, -0.05) is 19.1 Å². The van der Waals surface area contributed by atoms with Gasteiger partial charge in [-0.05, 0) is 35.7 Å². The summed E-state index contributed by atoms with van der Waals surface area (Å²) < 4.78 is 10.6. The number of hydrogen-bond acceptors (Lipinski definition) is 4. The Hall–Kier alpha value is -3.02. The Bertz CT molecular complexity index is 789. The van der Waals surface area contributed by atoms with E-state index in [1.54, 1.807) is 44.6 Å². The number of methoxy groups -OCH3 is 2. The summed E-state index contributed by atoms with van der Waals surface area (Å²) in [5.74, 6) is 1.09. The molecule has 0 aliphatic carbocycles. The van der Waals surface area contributed by atoms with E-state index in [-0.39, 0.29) is 17.7 Å². The minimum Gasteiger partial charge on any atom is -0.497 e. The van der Waals surface area contributed by atoms with Crippen LogP contribution in [-0.2, 0) is 9.59 Å². The van der Waals surface area contributed by atoms with Crippen molar-refractivity contribution < 1.29 is 19.1 Å². The number of ether oxygens (including phenoxy) is 2. The molecule has 26 heavy (non-hydrogen) atoms. The summed E-state index contributed by atoms with van der Waals surface area (Å²) in [6, 6.07) is 12.6. The average molecular weight is 356 g/mol. The first kappa shape index (κ1) is 19.3. The summed E-state index contributed by atoms with van der Waals surface area (Å²) >= 11 is 0. The number of rotatable bonds is 7. The smallest absolute Gasteiger partial charge is 0.224 e. The Morgan fingerprint density at radius 2 is 1.69 bits per heavy atom. The topological polar surface area (TPSA) is 76.7 Å². The highest BCUT2D eigenvalue weighted by molar-refractivity contribution is 5.93. The van der Waals surface area contributed by atoms with E-state index in [0.717, 1.165) is 5.56 Å². The number of amides is 2. The third-order valence-electron chi connectivity index (χ3n) is 3.93. The third kappa shape index (κ3) is 5.24. The summed E-state index contributed by atoms with van der Waals surface area (Å²) in [4.78, 5) is 23.5.